The summed E-state index contributed by atoms with van der Waals surface area (Å²) in [5.41, 5.74) is 2.94. The molecule has 2 amide bonds. The number of benzene rings is 3. The van der Waals surface area contributed by atoms with Crippen LogP contribution in [-0.4, -0.2) is 24.6 Å². The molecule has 166 valence electrons. The summed E-state index contributed by atoms with van der Waals surface area (Å²) in [6, 6.07) is 22.0. The topological polar surface area (TPSA) is 67.4 Å². The van der Waals surface area contributed by atoms with E-state index in [0.717, 1.165) is 5.56 Å². The van der Waals surface area contributed by atoms with Crippen LogP contribution in [0.1, 0.15) is 31.8 Å². The Kier molecular flexibility index (Phi) is 7.62. The highest BCUT2D eigenvalue weighted by Gasteiger charge is 2.27. The third kappa shape index (κ3) is 7.24. The highest BCUT2D eigenvalue weighted by molar-refractivity contribution is 6.04. The summed E-state index contributed by atoms with van der Waals surface area (Å²) in [5, 5.41) is 5.54. The number of carbonyl (C=O) groups is 2. The molecule has 5 nitrogen and oxygen atoms in total. The van der Waals surface area contributed by atoms with Crippen LogP contribution in [0, 0.1) is 0 Å². The fourth-order valence-corrected chi connectivity index (χ4v) is 2.82. The lowest BCUT2D eigenvalue weighted by molar-refractivity contribution is -0.176. The summed E-state index contributed by atoms with van der Waals surface area (Å²) in [7, 11) is 0. The van der Waals surface area contributed by atoms with E-state index in [2.05, 4.69) is 15.4 Å². The summed E-state index contributed by atoms with van der Waals surface area (Å²) in [6.07, 6.45) is -4.35. The molecule has 0 spiro atoms. The molecular weight excluding hydrogens is 421 g/mol. The first-order valence-electron chi connectivity index (χ1n) is 9.77. The monoisotopic (exact) mass is 442 g/mol. The van der Waals surface area contributed by atoms with Gasteiger partial charge in [0.15, 0.2) is 0 Å². The second-order valence-electron chi connectivity index (χ2n) is 7.00. The van der Waals surface area contributed by atoms with Crippen LogP contribution in [0.4, 0.5) is 18.9 Å². The Hall–Kier alpha value is -3.65. The molecule has 32 heavy (non-hydrogen) atoms. The number of carbonyl (C=O) groups excluding carboxylic acids is 2. The van der Waals surface area contributed by atoms with Crippen molar-refractivity contribution in [2.24, 2.45) is 0 Å². The van der Waals surface area contributed by atoms with Crippen molar-refractivity contribution in [2.45, 2.75) is 19.3 Å². The first-order chi connectivity index (χ1) is 15.3. The number of halogens is 3. The second-order valence-corrected chi connectivity index (χ2v) is 7.00. The summed E-state index contributed by atoms with van der Waals surface area (Å²) in [5.74, 6) is -0.529. The third-order valence-electron chi connectivity index (χ3n) is 4.45. The van der Waals surface area contributed by atoms with E-state index in [-0.39, 0.29) is 25.0 Å². The SMILES string of the molecule is O=C(NCc1ccc(COCC(F)(F)F)cc1)c1ccc(NC(=O)c2ccccc2)cc1. The van der Waals surface area contributed by atoms with Crippen LogP contribution >= 0.6 is 0 Å². The van der Waals surface area contributed by atoms with Gasteiger partial charge in [0.25, 0.3) is 11.8 Å². The van der Waals surface area contributed by atoms with E-state index in [1.165, 1.54) is 0 Å². The molecule has 0 heterocycles. The van der Waals surface area contributed by atoms with Gasteiger partial charge in [0.1, 0.15) is 6.61 Å². The van der Waals surface area contributed by atoms with E-state index in [9.17, 15) is 22.8 Å². The van der Waals surface area contributed by atoms with Gasteiger partial charge in [-0.2, -0.15) is 13.2 Å². The number of hydrogen-bond acceptors (Lipinski definition) is 3. The average Bonchev–Trinajstić information content (AvgIpc) is 2.78. The van der Waals surface area contributed by atoms with Crippen molar-refractivity contribution < 1.29 is 27.5 Å². The zero-order valence-electron chi connectivity index (χ0n) is 17.0. The van der Waals surface area contributed by atoms with Gasteiger partial charge in [-0.25, -0.2) is 0 Å². The molecule has 3 aromatic carbocycles. The molecule has 0 aliphatic carbocycles. The molecular formula is C24H21F3N2O3. The molecule has 3 aromatic rings. The van der Waals surface area contributed by atoms with Crippen molar-refractivity contribution in [1.82, 2.24) is 5.32 Å². The van der Waals surface area contributed by atoms with Crippen molar-refractivity contribution >= 4 is 17.5 Å². The lowest BCUT2D eigenvalue weighted by Crippen LogP contribution is -2.22. The molecule has 0 aliphatic heterocycles. The van der Waals surface area contributed by atoms with Gasteiger partial charge in [0.2, 0.25) is 0 Å². The maximum Gasteiger partial charge on any atom is 0.411 e. The zero-order valence-corrected chi connectivity index (χ0v) is 17.0. The first-order valence-corrected chi connectivity index (χ1v) is 9.77. The quantitative estimate of drug-likeness (QED) is 0.519. The Labute approximate surface area is 183 Å². The van der Waals surface area contributed by atoms with Gasteiger partial charge in [0, 0.05) is 23.4 Å². The molecule has 0 fully saturated rings. The van der Waals surface area contributed by atoms with Gasteiger partial charge in [-0.1, -0.05) is 42.5 Å². The standard InChI is InChI=1S/C24H21F3N2O3/c25-24(26,27)16-32-15-18-8-6-17(7-9-18)14-28-22(30)20-10-12-21(13-11-20)29-23(31)19-4-2-1-3-5-19/h1-13H,14-16H2,(H,28,30)(H,29,31). The van der Waals surface area contributed by atoms with Crippen molar-refractivity contribution in [2.75, 3.05) is 11.9 Å². The number of alkyl halides is 3. The minimum Gasteiger partial charge on any atom is -0.367 e. The van der Waals surface area contributed by atoms with E-state index >= 15 is 0 Å². The molecule has 0 radical (unpaired) electrons. The van der Waals surface area contributed by atoms with Crippen LogP contribution in [0.5, 0.6) is 0 Å². The van der Waals surface area contributed by atoms with Crippen LogP contribution in [0.15, 0.2) is 78.9 Å². The van der Waals surface area contributed by atoms with Crippen LogP contribution in [0.2, 0.25) is 0 Å². The molecule has 3 rings (SSSR count). The van der Waals surface area contributed by atoms with E-state index < -0.39 is 12.8 Å². The summed E-state index contributed by atoms with van der Waals surface area (Å²) in [6.45, 7) is -1.17. The predicted molar refractivity (Wildman–Crippen MR) is 114 cm³/mol. The Morgan fingerprint density at radius 3 is 1.97 bits per heavy atom. The van der Waals surface area contributed by atoms with E-state index in [1.807, 2.05) is 6.07 Å². The number of hydrogen-bond donors (Lipinski definition) is 2. The van der Waals surface area contributed by atoms with Gasteiger partial charge in [-0.05, 0) is 47.5 Å². The average molecular weight is 442 g/mol. The molecule has 8 heteroatoms. The minimum atomic E-state index is -4.35. The maximum absolute atomic E-state index is 12.4. The number of nitrogens with one attached hydrogen (secondary N) is 2. The Morgan fingerprint density at radius 2 is 1.34 bits per heavy atom. The molecule has 0 saturated carbocycles. The van der Waals surface area contributed by atoms with E-state index in [4.69, 9.17) is 0 Å². The molecule has 2 N–H and O–H groups in total. The largest absolute Gasteiger partial charge is 0.411 e. The van der Waals surface area contributed by atoms with Crippen LogP contribution in [-0.2, 0) is 17.9 Å². The molecule has 0 bridgehead atoms. The Balaban J connectivity index is 1.47. The Morgan fingerprint density at radius 1 is 0.750 bits per heavy atom. The van der Waals surface area contributed by atoms with Crippen LogP contribution in [0.3, 0.4) is 0 Å². The lowest BCUT2D eigenvalue weighted by Gasteiger charge is -2.09. The number of rotatable bonds is 8. The fraction of sp³-hybridized carbons (Fsp3) is 0.167. The first kappa shape index (κ1) is 23.0. The van der Waals surface area contributed by atoms with Crippen molar-refractivity contribution in [3.8, 4) is 0 Å². The molecule has 0 aliphatic rings. The fourth-order valence-electron chi connectivity index (χ4n) is 2.82. The molecule has 0 unspecified atom stereocenters. The van der Waals surface area contributed by atoms with Gasteiger partial charge in [-0.15, -0.1) is 0 Å². The number of ether oxygens (including phenoxy) is 1. The van der Waals surface area contributed by atoms with Crippen molar-refractivity contribution in [3.05, 3.63) is 101 Å². The van der Waals surface area contributed by atoms with Gasteiger partial charge < -0.3 is 15.4 Å². The van der Waals surface area contributed by atoms with Crippen LogP contribution < -0.4 is 10.6 Å². The van der Waals surface area contributed by atoms with Gasteiger partial charge in [0.05, 0.1) is 6.61 Å². The van der Waals surface area contributed by atoms with Crippen molar-refractivity contribution in [3.63, 3.8) is 0 Å². The highest BCUT2D eigenvalue weighted by Crippen LogP contribution is 2.16. The van der Waals surface area contributed by atoms with Crippen LogP contribution in [0.25, 0.3) is 0 Å². The number of anilines is 1. The second kappa shape index (κ2) is 10.6. The van der Waals surface area contributed by atoms with Gasteiger partial charge >= 0.3 is 6.18 Å². The summed E-state index contributed by atoms with van der Waals surface area (Å²) >= 11 is 0. The zero-order chi connectivity index (χ0) is 23.0. The van der Waals surface area contributed by atoms with E-state index in [0.29, 0.717) is 22.4 Å². The van der Waals surface area contributed by atoms with E-state index in [1.54, 1.807) is 72.8 Å². The normalized spacial score (nSPS) is 11.1. The lowest BCUT2D eigenvalue weighted by atomic mass is 10.1. The third-order valence-corrected chi connectivity index (χ3v) is 4.45. The highest BCUT2D eigenvalue weighted by atomic mass is 19.4. The van der Waals surface area contributed by atoms with Crippen molar-refractivity contribution in [1.29, 1.82) is 0 Å². The maximum atomic E-state index is 12.4. The summed E-state index contributed by atoms with van der Waals surface area (Å²) < 4.78 is 40.9. The minimum absolute atomic E-state index is 0.140. The molecule has 0 atom stereocenters. The molecule has 0 aromatic heterocycles. The Bertz CT molecular complexity index is 1030. The summed E-state index contributed by atoms with van der Waals surface area (Å²) in [4.78, 5) is 24.5. The van der Waals surface area contributed by atoms with Gasteiger partial charge in [-0.3, -0.25) is 9.59 Å². The predicted octanol–water partition coefficient (Wildman–Crippen LogP) is 4.95. The molecule has 0 saturated heterocycles. The number of amides is 2. The smallest absolute Gasteiger partial charge is 0.367 e.